The summed E-state index contributed by atoms with van der Waals surface area (Å²) in [4.78, 5) is 0. The van der Waals surface area contributed by atoms with Crippen LogP contribution >= 0.6 is 23.2 Å². The minimum atomic E-state index is -0.408. The summed E-state index contributed by atoms with van der Waals surface area (Å²) in [5.74, 6) is 0.593. The van der Waals surface area contributed by atoms with E-state index in [9.17, 15) is 4.39 Å². The molecule has 0 saturated carbocycles. The van der Waals surface area contributed by atoms with Crippen LogP contribution < -0.4 is 10.5 Å². The fourth-order valence-corrected chi connectivity index (χ4v) is 2.23. The van der Waals surface area contributed by atoms with E-state index < -0.39 is 5.82 Å². The second kappa shape index (κ2) is 6.44. The van der Waals surface area contributed by atoms with Crippen molar-refractivity contribution in [3.8, 4) is 11.5 Å². The topological polar surface area (TPSA) is 35.2 Å². The lowest BCUT2D eigenvalue weighted by atomic mass is 10.1. The van der Waals surface area contributed by atoms with Gasteiger partial charge in [-0.1, -0.05) is 23.2 Å². The predicted molar refractivity (Wildman–Crippen MR) is 80.3 cm³/mol. The minimum Gasteiger partial charge on any atom is -0.456 e. The molecule has 2 rings (SSSR count). The molecule has 0 bridgehead atoms. The molecule has 0 aromatic heterocycles. The first-order valence-electron chi connectivity index (χ1n) is 6.12. The van der Waals surface area contributed by atoms with E-state index in [-0.39, 0.29) is 11.1 Å². The smallest absolute Gasteiger partial charge is 0.146 e. The molecule has 0 aliphatic heterocycles. The second-order valence-electron chi connectivity index (χ2n) is 4.61. The maximum absolute atomic E-state index is 13.0. The first-order chi connectivity index (χ1) is 9.45. The lowest BCUT2D eigenvalue weighted by Gasteiger charge is -2.14. The van der Waals surface area contributed by atoms with Gasteiger partial charge in [-0.15, -0.1) is 0 Å². The van der Waals surface area contributed by atoms with E-state index >= 15 is 0 Å². The zero-order valence-corrected chi connectivity index (χ0v) is 12.4. The molecular formula is C15H14Cl2FNO. The van der Waals surface area contributed by atoms with Crippen LogP contribution in [-0.2, 0) is 6.42 Å². The summed E-state index contributed by atoms with van der Waals surface area (Å²) in [7, 11) is 0. The van der Waals surface area contributed by atoms with Crippen LogP contribution in [0.5, 0.6) is 11.5 Å². The molecule has 2 aromatic rings. The summed E-state index contributed by atoms with van der Waals surface area (Å²) >= 11 is 11.9. The first kappa shape index (κ1) is 15.1. The van der Waals surface area contributed by atoms with Gasteiger partial charge in [0.1, 0.15) is 17.3 Å². The Labute approximate surface area is 127 Å². The monoisotopic (exact) mass is 313 g/mol. The van der Waals surface area contributed by atoms with Crippen molar-refractivity contribution in [3.63, 3.8) is 0 Å². The highest BCUT2D eigenvalue weighted by Crippen LogP contribution is 2.33. The van der Waals surface area contributed by atoms with Gasteiger partial charge in [0.2, 0.25) is 0 Å². The molecule has 106 valence electrons. The molecule has 0 heterocycles. The average Bonchev–Trinajstić information content (AvgIpc) is 2.34. The standard InChI is InChI=1S/C15H14Cl2FNO/c1-9(19)6-10-7-11(16)2-4-14(10)20-15-5-3-12(18)8-13(15)17/h2-5,7-9H,6,19H2,1H3. The maximum atomic E-state index is 13.0. The fraction of sp³-hybridized carbons (Fsp3) is 0.200. The molecule has 0 aliphatic carbocycles. The normalized spacial score (nSPS) is 12.2. The van der Waals surface area contributed by atoms with E-state index in [4.69, 9.17) is 33.7 Å². The first-order valence-corrected chi connectivity index (χ1v) is 6.88. The van der Waals surface area contributed by atoms with Crippen LogP contribution in [0.3, 0.4) is 0 Å². The lowest BCUT2D eigenvalue weighted by molar-refractivity contribution is 0.472. The van der Waals surface area contributed by atoms with Gasteiger partial charge in [-0.3, -0.25) is 0 Å². The summed E-state index contributed by atoms with van der Waals surface area (Å²) in [5.41, 5.74) is 6.69. The number of hydrogen-bond donors (Lipinski definition) is 1. The molecule has 0 amide bonds. The maximum Gasteiger partial charge on any atom is 0.146 e. The molecule has 20 heavy (non-hydrogen) atoms. The summed E-state index contributed by atoms with van der Waals surface area (Å²) in [6.07, 6.45) is 0.620. The number of benzene rings is 2. The molecule has 0 fully saturated rings. The number of rotatable bonds is 4. The van der Waals surface area contributed by atoms with Gasteiger partial charge >= 0.3 is 0 Å². The van der Waals surface area contributed by atoms with Crippen molar-refractivity contribution in [3.05, 3.63) is 57.8 Å². The Bertz CT molecular complexity index is 617. The Balaban J connectivity index is 2.32. The van der Waals surface area contributed by atoms with Gasteiger partial charge in [-0.2, -0.15) is 0 Å². The summed E-state index contributed by atoms with van der Waals surface area (Å²) in [6, 6.07) is 9.23. The third-order valence-electron chi connectivity index (χ3n) is 2.68. The van der Waals surface area contributed by atoms with Gasteiger partial charge in [-0.25, -0.2) is 4.39 Å². The summed E-state index contributed by atoms with van der Waals surface area (Å²) in [5, 5.41) is 0.824. The van der Waals surface area contributed by atoms with E-state index in [0.717, 1.165) is 5.56 Å². The fourth-order valence-electron chi connectivity index (χ4n) is 1.83. The molecular weight excluding hydrogens is 300 g/mol. The van der Waals surface area contributed by atoms with Crippen molar-refractivity contribution in [2.75, 3.05) is 0 Å². The number of halogens is 3. The van der Waals surface area contributed by atoms with Crippen molar-refractivity contribution < 1.29 is 9.13 Å². The van der Waals surface area contributed by atoms with Crippen molar-refractivity contribution in [1.82, 2.24) is 0 Å². The Kier molecular flexibility index (Phi) is 4.86. The number of nitrogens with two attached hydrogens (primary N) is 1. The molecule has 1 unspecified atom stereocenters. The van der Waals surface area contributed by atoms with Gasteiger partial charge in [-0.05, 0) is 55.3 Å². The SMILES string of the molecule is CC(N)Cc1cc(Cl)ccc1Oc1ccc(F)cc1Cl. The summed E-state index contributed by atoms with van der Waals surface area (Å²) < 4.78 is 18.8. The van der Waals surface area contributed by atoms with E-state index in [2.05, 4.69) is 0 Å². The van der Waals surface area contributed by atoms with Crippen LogP contribution in [0.4, 0.5) is 4.39 Å². The third-order valence-corrected chi connectivity index (χ3v) is 3.21. The molecule has 0 spiro atoms. The molecule has 2 N–H and O–H groups in total. The summed E-state index contributed by atoms with van der Waals surface area (Å²) in [6.45, 7) is 1.90. The third kappa shape index (κ3) is 3.85. The van der Waals surface area contributed by atoms with Crippen molar-refractivity contribution in [2.45, 2.75) is 19.4 Å². The van der Waals surface area contributed by atoms with Crippen LogP contribution in [0.15, 0.2) is 36.4 Å². The van der Waals surface area contributed by atoms with Crippen LogP contribution in [0.1, 0.15) is 12.5 Å². The zero-order chi connectivity index (χ0) is 14.7. The number of ether oxygens (including phenoxy) is 1. The molecule has 2 nitrogen and oxygen atoms in total. The minimum absolute atomic E-state index is 0.0282. The Morgan fingerprint density at radius 1 is 1.15 bits per heavy atom. The van der Waals surface area contributed by atoms with Gasteiger partial charge in [0.25, 0.3) is 0 Å². The van der Waals surface area contributed by atoms with Crippen molar-refractivity contribution >= 4 is 23.2 Å². The van der Waals surface area contributed by atoms with Gasteiger partial charge < -0.3 is 10.5 Å². The second-order valence-corrected chi connectivity index (χ2v) is 5.45. The van der Waals surface area contributed by atoms with E-state index in [1.165, 1.54) is 18.2 Å². The van der Waals surface area contributed by atoms with Gasteiger partial charge in [0, 0.05) is 11.1 Å². The van der Waals surface area contributed by atoms with Crippen LogP contribution in [0, 0.1) is 5.82 Å². The van der Waals surface area contributed by atoms with Crippen LogP contribution in [0.2, 0.25) is 10.0 Å². The Hall–Kier alpha value is -1.29. The van der Waals surface area contributed by atoms with Gasteiger partial charge in [0.05, 0.1) is 5.02 Å². The van der Waals surface area contributed by atoms with Gasteiger partial charge in [0.15, 0.2) is 0 Å². The molecule has 5 heteroatoms. The largest absolute Gasteiger partial charge is 0.456 e. The van der Waals surface area contributed by atoms with E-state index in [1.807, 2.05) is 6.92 Å². The Morgan fingerprint density at radius 3 is 2.50 bits per heavy atom. The van der Waals surface area contributed by atoms with Crippen LogP contribution in [-0.4, -0.2) is 6.04 Å². The molecule has 1 atom stereocenters. The molecule has 0 saturated heterocycles. The van der Waals surface area contributed by atoms with Crippen molar-refractivity contribution in [1.29, 1.82) is 0 Å². The van der Waals surface area contributed by atoms with Crippen molar-refractivity contribution in [2.24, 2.45) is 5.73 Å². The quantitative estimate of drug-likeness (QED) is 0.878. The van der Waals surface area contributed by atoms with Crippen LogP contribution in [0.25, 0.3) is 0 Å². The Morgan fingerprint density at radius 2 is 1.85 bits per heavy atom. The predicted octanol–water partition coefficient (Wildman–Crippen LogP) is 4.81. The highest BCUT2D eigenvalue weighted by molar-refractivity contribution is 6.32. The zero-order valence-electron chi connectivity index (χ0n) is 10.9. The number of hydrogen-bond acceptors (Lipinski definition) is 2. The molecule has 0 radical (unpaired) electrons. The van der Waals surface area contributed by atoms with E-state index in [1.54, 1.807) is 18.2 Å². The average molecular weight is 314 g/mol. The molecule has 2 aromatic carbocycles. The lowest BCUT2D eigenvalue weighted by Crippen LogP contribution is -2.18. The van der Waals surface area contributed by atoms with E-state index in [0.29, 0.717) is 22.9 Å². The highest BCUT2D eigenvalue weighted by atomic mass is 35.5. The molecule has 0 aliphatic rings. The highest BCUT2D eigenvalue weighted by Gasteiger charge is 2.10.